The van der Waals surface area contributed by atoms with Crippen molar-refractivity contribution < 1.29 is 4.79 Å². The van der Waals surface area contributed by atoms with E-state index in [-0.39, 0.29) is 5.91 Å². The van der Waals surface area contributed by atoms with Crippen LogP contribution in [0.1, 0.15) is 27.2 Å². The van der Waals surface area contributed by atoms with E-state index in [1.165, 1.54) is 28.3 Å². The third-order valence-electron chi connectivity index (χ3n) is 4.96. The van der Waals surface area contributed by atoms with Gasteiger partial charge in [-0.2, -0.15) is 0 Å². The molecule has 0 aliphatic carbocycles. The van der Waals surface area contributed by atoms with E-state index in [2.05, 4.69) is 50.7 Å². The molecule has 0 aliphatic heterocycles. The van der Waals surface area contributed by atoms with Gasteiger partial charge in [0, 0.05) is 30.2 Å². The number of H-pyrrole nitrogens is 1. The number of amides is 1. The average molecular weight is 385 g/mol. The Morgan fingerprint density at radius 1 is 1.00 bits per heavy atom. The van der Waals surface area contributed by atoms with Crippen LogP contribution in [-0.4, -0.2) is 27.4 Å². The summed E-state index contributed by atoms with van der Waals surface area (Å²) in [6, 6.07) is 16.3. The molecule has 29 heavy (non-hydrogen) atoms. The van der Waals surface area contributed by atoms with Gasteiger partial charge in [-0.05, 0) is 36.1 Å². The van der Waals surface area contributed by atoms with E-state index >= 15 is 0 Å². The normalized spacial score (nSPS) is 10.8. The number of aromatic nitrogens is 3. The second-order valence-electron chi connectivity index (χ2n) is 6.93. The molecule has 0 saturated heterocycles. The number of hydrogen-bond acceptors (Lipinski definition) is 4. The summed E-state index contributed by atoms with van der Waals surface area (Å²) in [5, 5.41) is 7.33. The van der Waals surface area contributed by atoms with Crippen LogP contribution in [0.2, 0.25) is 0 Å². The van der Waals surface area contributed by atoms with Crippen molar-refractivity contribution in [2.75, 3.05) is 11.9 Å². The smallest absolute Gasteiger partial charge is 0.271 e. The molecule has 4 aromatic rings. The van der Waals surface area contributed by atoms with Gasteiger partial charge < -0.3 is 15.6 Å². The Kier molecular flexibility index (Phi) is 5.52. The van der Waals surface area contributed by atoms with Crippen molar-refractivity contribution in [3.05, 3.63) is 89.5 Å². The van der Waals surface area contributed by atoms with Crippen molar-refractivity contribution in [1.82, 2.24) is 20.3 Å². The van der Waals surface area contributed by atoms with Crippen molar-refractivity contribution in [2.45, 2.75) is 19.9 Å². The van der Waals surface area contributed by atoms with Gasteiger partial charge in [-0.3, -0.25) is 4.79 Å². The lowest BCUT2D eigenvalue weighted by Crippen LogP contribution is -2.26. The fourth-order valence-corrected chi connectivity index (χ4v) is 3.27. The molecule has 2 aromatic carbocycles. The molecule has 6 heteroatoms. The lowest BCUT2D eigenvalue weighted by atomic mass is 10.1. The van der Waals surface area contributed by atoms with Crippen molar-refractivity contribution in [3.63, 3.8) is 0 Å². The van der Waals surface area contributed by atoms with Gasteiger partial charge in [0.15, 0.2) is 0 Å². The maximum absolute atomic E-state index is 12.3. The number of carbonyl (C=O) groups is 1. The number of benzene rings is 2. The van der Waals surface area contributed by atoms with Gasteiger partial charge in [0.25, 0.3) is 5.91 Å². The third-order valence-corrected chi connectivity index (χ3v) is 4.96. The van der Waals surface area contributed by atoms with Crippen LogP contribution < -0.4 is 10.6 Å². The Labute approximate surface area is 169 Å². The number of aryl methyl sites for hydroxylation is 1. The molecule has 0 atom stereocenters. The van der Waals surface area contributed by atoms with Gasteiger partial charge in [-0.25, -0.2) is 9.97 Å². The molecule has 0 spiro atoms. The van der Waals surface area contributed by atoms with Crippen LogP contribution in [0.3, 0.4) is 0 Å². The molecule has 0 aliphatic rings. The first kappa shape index (κ1) is 18.7. The highest BCUT2D eigenvalue weighted by atomic mass is 16.1. The SMILES string of the molecule is Cc1ccccc1CNc1cnc(C(=O)NCCc2c[nH]c3ccccc23)cn1. The number of nitrogens with zero attached hydrogens (tertiary/aromatic N) is 2. The Hall–Kier alpha value is -3.67. The summed E-state index contributed by atoms with van der Waals surface area (Å²) >= 11 is 0. The van der Waals surface area contributed by atoms with Crippen LogP contribution in [-0.2, 0) is 13.0 Å². The molecule has 3 N–H and O–H groups in total. The molecule has 0 radical (unpaired) electrons. The van der Waals surface area contributed by atoms with E-state index in [0.29, 0.717) is 24.6 Å². The Balaban J connectivity index is 1.29. The molecule has 0 fully saturated rings. The molecule has 0 bridgehead atoms. The van der Waals surface area contributed by atoms with Crippen molar-refractivity contribution >= 4 is 22.6 Å². The van der Waals surface area contributed by atoms with E-state index in [1.54, 1.807) is 6.20 Å². The van der Waals surface area contributed by atoms with Crippen LogP contribution in [0, 0.1) is 6.92 Å². The fraction of sp³-hybridized carbons (Fsp3) is 0.174. The first-order chi connectivity index (χ1) is 14.2. The highest BCUT2D eigenvalue weighted by Gasteiger charge is 2.09. The predicted octanol–water partition coefficient (Wildman–Crippen LogP) is 3.85. The lowest BCUT2D eigenvalue weighted by Gasteiger charge is -2.08. The first-order valence-corrected chi connectivity index (χ1v) is 9.64. The van der Waals surface area contributed by atoms with E-state index in [1.807, 2.05) is 36.5 Å². The van der Waals surface area contributed by atoms with Gasteiger partial charge in [-0.15, -0.1) is 0 Å². The minimum Gasteiger partial charge on any atom is -0.365 e. The van der Waals surface area contributed by atoms with Crippen molar-refractivity contribution in [3.8, 4) is 0 Å². The maximum Gasteiger partial charge on any atom is 0.271 e. The molecule has 0 unspecified atom stereocenters. The summed E-state index contributed by atoms with van der Waals surface area (Å²) in [5.41, 5.74) is 5.02. The molecule has 2 aromatic heterocycles. The van der Waals surface area contributed by atoms with Crippen LogP contribution in [0.4, 0.5) is 5.82 Å². The molecule has 4 rings (SSSR count). The highest BCUT2D eigenvalue weighted by molar-refractivity contribution is 5.92. The monoisotopic (exact) mass is 385 g/mol. The first-order valence-electron chi connectivity index (χ1n) is 9.64. The Bertz CT molecular complexity index is 1120. The maximum atomic E-state index is 12.3. The number of carbonyl (C=O) groups excluding carboxylic acids is 1. The molecule has 1 amide bonds. The molecular weight excluding hydrogens is 362 g/mol. The van der Waals surface area contributed by atoms with Gasteiger partial charge in [0.05, 0.1) is 12.4 Å². The van der Waals surface area contributed by atoms with Gasteiger partial charge in [0.1, 0.15) is 11.5 Å². The summed E-state index contributed by atoms with van der Waals surface area (Å²) in [6.45, 7) is 3.28. The Morgan fingerprint density at radius 3 is 2.66 bits per heavy atom. The van der Waals surface area contributed by atoms with Gasteiger partial charge >= 0.3 is 0 Å². The standard InChI is InChI=1S/C23H23N5O/c1-16-6-2-3-7-17(16)12-27-22-15-26-21(14-28-22)23(29)24-11-10-18-13-25-20-9-5-4-8-19(18)20/h2-9,13-15,25H,10-12H2,1H3,(H,24,29)(H,27,28). The quantitative estimate of drug-likeness (QED) is 0.451. The van der Waals surface area contributed by atoms with E-state index in [9.17, 15) is 4.79 Å². The minimum absolute atomic E-state index is 0.220. The van der Waals surface area contributed by atoms with Crippen molar-refractivity contribution in [1.29, 1.82) is 0 Å². The number of hydrogen-bond donors (Lipinski definition) is 3. The molecule has 146 valence electrons. The summed E-state index contributed by atoms with van der Waals surface area (Å²) < 4.78 is 0. The van der Waals surface area contributed by atoms with Crippen LogP contribution >= 0.6 is 0 Å². The third kappa shape index (κ3) is 4.43. The number of para-hydroxylation sites is 1. The molecule has 0 saturated carbocycles. The zero-order valence-corrected chi connectivity index (χ0v) is 16.3. The summed E-state index contributed by atoms with van der Waals surface area (Å²) in [4.78, 5) is 24.1. The highest BCUT2D eigenvalue weighted by Crippen LogP contribution is 2.17. The topological polar surface area (TPSA) is 82.7 Å². The zero-order valence-electron chi connectivity index (χ0n) is 16.3. The summed E-state index contributed by atoms with van der Waals surface area (Å²) in [7, 11) is 0. The lowest BCUT2D eigenvalue weighted by molar-refractivity contribution is 0.0949. The largest absolute Gasteiger partial charge is 0.365 e. The van der Waals surface area contributed by atoms with Crippen molar-refractivity contribution in [2.24, 2.45) is 0 Å². The Morgan fingerprint density at radius 2 is 1.83 bits per heavy atom. The number of nitrogens with one attached hydrogen (secondary N) is 3. The predicted molar refractivity (Wildman–Crippen MR) is 115 cm³/mol. The van der Waals surface area contributed by atoms with Crippen LogP contribution in [0.5, 0.6) is 0 Å². The van der Waals surface area contributed by atoms with Crippen LogP contribution in [0.25, 0.3) is 10.9 Å². The second-order valence-corrected chi connectivity index (χ2v) is 6.93. The van der Waals surface area contributed by atoms with Gasteiger partial charge in [-0.1, -0.05) is 42.5 Å². The van der Waals surface area contributed by atoms with E-state index < -0.39 is 0 Å². The number of aromatic amines is 1. The molecule has 2 heterocycles. The molecule has 6 nitrogen and oxygen atoms in total. The number of fused-ring (bicyclic) bond motifs is 1. The minimum atomic E-state index is -0.220. The van der Waals surface area contributed by atoms with Gasteiger partial charge in [0.2, 0.25) is 0 Å². The second kappa shape index (κ2) is 8.56. The number of anilines is 1. The summed E-state index contributed by atoms with van der Waals surface area (Å²) in [6.07, 6.45) is 5.83. The summed E-state index contributed by atoms with van der Waals surface area (Å²) in [5.74, 6) is 0.423. The van der Waals surface area contributed by atoms with E-state index in [4.69, 9.17) is 0 Å². The van der Waals surface area contributed by atoms with Crippen LogP contribution in [0.15, 0.2) is 67.1 Å². The number of rotatable bonds is 7. The fourth-order valence-electron chi connectivity index (χ4n) is 3.27. The zero-order chi connectivity index (χ0) is 20.1. The van der Waals surface area contributed by atoms with E-state index in [0.717, 1.165) is 11.9 Å². The molecular formula is C23H23N5O. The average Bonchev–Trinajstić information content (AvgIpc) is 3.17.